The zero-order valence-electron chi connectivity index (χ0n) is 14.7. The summed E-state index contributed by atoms with van der Waals surface area (Å²) >= 11 is 6.01. The maximum atomic E-state index is 12.8. The molecule has 1 amide bonds. The van der Waals surface area contributed by atoms with Gasteiger partial charge in [0.15, 0.2) is 0 Å². The van der Waals surface area contributed by atoms with Gasteiger partial charge >= 0.3 is 0 Å². The molecule has 6 heteroatoms. The Morgan fingerprint density at radius 3 is 2.52 bits per heavy atom. The van der Waals surface area contributed by atoms with Crippen molar-refractivity contribution >= 4 is 28.8 Å². The molecule has 0 atom stereocenters. The Labute approximate surface area is 161 Å². The average Bonchev–Trinajstić information content (AvgIpc) is 2.99. The van der Waals surface area contributed by atoms with Crippen LogP contribution < -0.4 is 5.32 Å². The number of carbonyl (C=O) groups excluding carboxylic acids is 1. The summed E-state index contributed by atoms with van der Waals surface area (Å²) in [5, 5.41) is 3.53. The van der Waals surface area contributed by atoms with Gasteiger partial charge in [0.2, 0.25) is 0 Å². The molecule has 134 valence electrons. The number of hydrogen-bond acceptors (Lipinski definition) is 3. The molecule has 4 aromatic rings. The largest absolute Gasteiger partial charge is 0.321 e. The maximum absolute atomic E-state index is 12.8. The highest BCUT2D eigenvalue weighted by Gasteiger charge is 2.17. The Kier molecular flexibility index (Phi) is 4.60. The fourth-order valence-corrected chi connectivity index (χ4v) is 3.20. The van der Waals surface area contributed by atoms with Crippen molar-refractivity contribution in [3.05, 3.63) is 94.7 Å². The monoisotopic (exact) mass is 376 g/mol. The van der Waals surface area contributed by atoms with E-state index in [1.54, 1.807) is 35.1 Å². The van der Waals surface area contributed by atoms with Gasteiger partial charge in [-0.05, 0) is 54.8 Å². The molecule has 3 aromatic heterocycles. The molecular weight excluding hydrogens is 360 g/mol. The van der Waals surface area contributed by atoms with Gasteiger partial charge in [-0.1, -0.05) is 23.7 Å². The normalized spacial score (nSPS) is 10.9. The fraction of sp³-hybridized carbons (Fsp3) is 0.0952. The molecule has 0 fully saturated rings. The van der Waals surface area contributed by atoms with E-state index >= 15 is 0 Å². The number of hydrogen-bond donors (Lipinski definition) is 1. The number of fused-ring (bicyclic) bond motifs is 1. The lowest BCUT2D eigenvalue weighted by Crippen LogP contribution is -2.15. The topological polar surface area (TPSA) is 59.3 Å². The van der Waals surface area contributed by atoms with Crippen molar-refractivity contribution in [1.29, 1.82) is 0 Å². The van der Waals surface area contributed by atoms with E-state index in [1.807, 2.05) is 43.3 Å². The molecule has 1 N–H and O–H groups in total. The first-order valence-electron chi connectivity index (χ1n) is 8.53. The summed E-state index contributed by atoms with van der Waals surface area (Å²) in [6.07, 6.45) is 6.15. The van der Waals surface area contributed by atoms with Crippen LogP contribution in [0, 0.1) is 6.92 Å². The fourth-order valence-electron chi connectivity index (χ4n) is 3.04. The summed E-state index contributed by atoms with van der Waals surface area (Å²) in [6.45, 7) is 1.81. The second kappa shape index (κ2) is 7.21. The van der Waals surface area contributed by atoms with E-state index in [9.17, 15) is 4.79 Å². The number of nitrogens with zero attached hydrogens (tertiary/aromatic N) is 3. The van der Waals surface area contributed by atoms with Crippen molar-refractivity contribution in [3.63, 3.8) is 0 Å². The van der Waals surface area contributed by atoms with Gasteiger partial charge in [0.1, 0.15) is 11.3 Å². The number of anilines is 1. The van der Waals surface area contributed by atoms with Crippen molar-refractivity contribution in [1.82, 2.24) is 14.4 Å². The first kappa shape index (κ1) is 17.2. The second-order valence-corrected chi connectivity index (χ2v) is 6.74. The second-order valence-electron chi connectivity index (χ2n) is 6.30. The van der Waals surface area contributed by atoms with E-state index in [2.05, 4.69) is 15.3 Å². The number of aryl methyl sites for hydroxylation is 1. The molecule has 3 heterocycles. The number of aromatic nitrogens is 3. The molecule has 27 heavy (non-hydrogen) atoms. The van der Waals surface area contributed by atoms with Gasteiger partial charge in [-0.2, -0.15) is 0 Å². The van der Waals surface area contributed by atoms with Crippen molar-refractivity contribution in [2.24, 2.45) is 0 Å². The lowest BCUT2D eigenvalue weighted by Gasteiger charge is -2.08. The highest BCUT2D eigenvalue weighted by Crippen LogP contribution is 2.19. The minimum absolute atomic E-state index is 0.204. The quantitative estimate of drug-likeness (QED) is 0.569. The highest BCUT2D eigenvalue weighted by molar-refractivity contribution is 6.30. The van der Waals surface area contributed by atoms with Gasteiger partial charge < -0.3 is 5.32 Å². The molecule has 5 nitrogen and oxygen atoms in total. The van der Waals surface area contributed by atoms with Gasteiger partial charge in [-0.3, -0.25) is 14.2 Å². The van der Waals surface area contributed by atoms with Gasteiger partial charge in [-0.15, -0.1) is 0 Å². The SMILES string of the molecule is Cc1nc2cc(Cl)ccn2c1C(=O)Nc1ccc(Cc2ccncc2)cc1. The third-order valence-corrected chi connectivity index (χ3v) is 4.58. The molecule has 0 radical (unpaired) electrons. The number of rotatable bonds is 4. The van der Waals surface area contributed by atoms with Crippen molar-refractivity contribution in [2.45, 2.75) is 13.3 Å². The number of imidazole rings is 1. The van der Waals surface area contributed by atoms with Crippen molar-refractivity contribution in [3.8, 4) is 0 Å². The Balaban J connectivity index is 1.52. The van der Waals surface area contributed by atoms with Crippen LogP contribution in [0.2, 0.25) is 5.02 Å². The third-order valence-electron chi connectivity index (χ3n) is 4.35. The predicted molar refractivity (Wildman–Crippen MR) is 106 cm³/mol. The Bertz CT molecular complexity index is 1100. The van der Waals surface area contributed by atoms with Crippen LogP contribution in [0.3, 0.4) is 0 Å². The average molecular weight is 377 g/mol. The molecule has 0 unspecified atom stereocenters. The van der Waals surface area contributed by atoms with Gasteiger partial charge in [-0.25, -0.2) is 4.98 Å². The Hall–Kier alpha value is -3.18. The van der Waals surface area contributed by atoms with Gasteiger partial charge in [0.05, 0.1) is 5.69 Å². The smallest absolute Gasteiger partial charge is 0.274 e. The van der Waals surface area contributed by atoms with Crippen LogP contribution in [0.1, 0.15) is 27.3 Å². The Morgan fingerprint density at radius 1 is 1.07 bits per heavy atom. The molecule has 4 rings (SSSR count). The number of benzene rings is 1. The summed E-state index contributed by atoms with van der Waals surface area (Å²) in [5.41, 5.74) is 4.91. The minimum atomic E-state index is -0.204. The summed E-state index contributed by atoms with van der Waals surface area (Å²) in [5.74, 6) is -0.204. The molecule has 0 spiro atoms. The zero-order valence-corrected chi connectivity index (χ0v) is 15.4. The van der Waals surface area contributed by atoms with Crippen molar-refractivity contribution < 1.29 is 4.79 Å². The number of pyridine rings is 2. The number of halogens is 1. The minimum Gasteiger partial charge on any atom is -0.321 e. The van der Waals surface area contributed by atoms with Crippen molar-refractivity contribution in [2.75, 3.05) is 5.32 Å². The van der Waals surface area contributed by atoms with E-state index in [1.165, 1.54) is 11.1 Å². The van der Waals surface area contributed by atoms with Crippen LogP contribution >= 0.6 is 11.6 Å². The lowest BCUT2D eigenvalue weighted by molar-refractivity contribution is 0.102. The molecule has 0 aliphatic carbocycles. The summed E-state index contributed by atoms with van der Waals surface area (Å²) in [6, 6.07) is 15.3. The van der Waals surface area contributed by atoms with E-state index in [4.69, 9.17) is 11.6 Å². The van der Waals surface area contributed by atoms with Crippen LogP contribution in [0.4, 0.5) is 5.69 Å². The standard InChI is InChI=1S/C21H17ClN4O/c1-14-20(26-11-8-17(22)13-19(26)24-14)21(27)25-18-4-2-15(3-5-18)12-16-6-9-23-10-7-16/h2-11,13H,12H2,1H3,(H,25,27). The third kappa shape index (κ3) is 3.68. The predicted octanol–water partition coefficient (Wildman–Crippen LogP) is 4.53. The molecule has 0 saturated carbocycles. The number of carbonyl (C=O) groups is 1. The van der Waals surface area contributed by atoms with E-state index in [0.29, 0.717) is 22.1 Å². The van der Waals surface area contributed by atoms with Crippen LogP contribution in [-0.4, -0.2) is 20.3 Å². The zero-order chi connectivity index (χ0) is 18.8. The molecule has 1 aromatic carbocycles. The molecule has 0 aliphatic rings. The highest BCUT2D eigenvalue weighted by atomic mass is 35.5. The lowest BCUT2D eigenvalue weighted by atomic mass is 10.1. The summed E-state index contributed by atoms with van der Waals surface area (Å²) in [7, 11) is 0. The van der Waals surface area contributed by atoms with Crippen LogP contribution in [0.25, 0.3) is 5.65 Å². The van der Waals surface area contributed by atoms with Gasteiger partial charge in [0, 0.05) is 35.4 Å². The molecule has 0 aliphatic heterocycles. The Morgan fingerprint density at radius 2 is 1.78 bits per heavy atom. The van der Waals surface area contributed by atoms with E-state index in [-0.39, 0.29) is 5.91 Å². The first-order chi connectivity index (χ1) is 13.1. The summed E-state index contributed by atoms with van der Waals surface area (Å²) < 4.78 is 1.74. The number of amides is 1. The molecular formula is C21H17ClN4O. The van der Waals surface area contributed by atoms with Crippen LogP contribution in [0.15, 0.2) is 67.1 Å². The summed E-state index contributed by atoms with van der Waals surface area (Å²) in [4.78, 5) is 21.2. The molecule has 0 bridgehead atoms. The number of nitrogens with one attached hydrogen (secondary N) is 1. The maximum Gasteiger partial charge on any atom is 0.274 e. The van der Waals surface area contributed by atoms with Crippen LogP contribution in [-0.2, 0) is 6.42 Å². The van der Waals surface area contributed by atoms with Crippen LogP contribution in [0.5, 0.6) is 0 Å². The first-order valence-corrected chi connectivity index (χ1v) is 8.91. The van der Waals surface area contributed by atoms with E-state index in [0.717, 1.165) is 12.1 Å². The van der Waals surface area contributed by atoms with E-state index < -0.39 is 0 Å². The molecule has 0 saturated heterocycles. The van der Waals surface area contributed by atoms with Gasteiger partial charge in [0.25, 0.3) is 5.91 Å².